The fourth-order valence-corrected chi connectivity index (χ4v) is 1.27. The number of ether oxygens (including phenoxy) is 1. The fraction of sp³-hybridized carbons (Fsp3) is 0.385. The van der Waals surface area contributed by atoms with Crippen molar-refractivity contribution in [1.82, 2.24) is 0 Å². The second-order valence-electron chi connectivity index (χ2n) is 3.55. The van der Waals surface area contributed by atoms with Crippen LogP contribution in [0.3, 0.4) is 0 Å². The van der Waals surface area contributed by atoms with Crippen molar-refractivity contribution in [1.29, 1.82) is 0 Å². The van der Waals surface area contributed by atoms with Crippen LogP contribution in [0.5, 0.6) is 5.75 Å². The molecule has 0 atom stereocenters. The summed E-state index contributed by atoms with van der Waals surface area (Å²) in [4.78, 5) is 0. The Morgan fingerprint density at radius 1 is 1.36 bits per heavy atom. The minimum absolute atomic E-state index is 0.774. The lowest BCUT2D eigenvalue weighted by molar-refractivity contribution is 0.310. The van der Waals surface area contributed by atoms with Crippen molar-refractivity contribution in [3.63, 3.8) is 0 Å². The van der Waals surface area contributed by atoms with Crippen LogP contribution in [0.4, 0.5) is 0 Å². The van der Waals surface area contributed by atoms with Crippen LogP contribution >= 0.6 is 0 Å². The molecule has 1 aromatic rings. The zero-order valence-electron chi connectivity index (χ0n) is 9.05. The Balaban J connectivity index is 2.49. The molecule has 0 saturated heterocycles. The maximum atomic E-state index is 5.67. The largest absolute Gasteiger partial charge is 0.493 e. The van der Waals surface area contributed by atoms with E-state index in [0.717, 1.165) is 25.2 Å². The Labute approximate surface area is 86.4 Å². The normalized spacial score (nSPS) is 9.86. The first kappa shape index (κ1) is 10.8. The van der Waals surface area contributed by atoms with Crippen LogP contribution in [-0.2, 0) is 0 Å². The summed E-state index contributed by atoms with van der Waals surface area (Å²) in [7, 11) is 0. The molecular weight excluding hydrogens is 172 g/mol. The molecule has 0 aliphatic carbocycles. The van der Waals surface area contributed by atoms with Crippen LogP contribution < -0.4 is 4.74 Å². The second kappa shape index (κ2) is 5.48. The van der Waals surface area contributed by atoms with Crippen LogP contribution in [0, 0.1) is 13.8 Å². The van der Waals surface area contributed by atoms with E-state index in [4.69, 9.17) is 4.74 Å². The van der Waals surface area contributed by atoms with E-state index in [2.05, 4.69) is 38.6 Å². The summed E-state index contributed by atoms with van der Waals surface area (Å²) in [5, 5.41) is 0. The molecule has 0 unspecified atom stereocenters. The maximum Gasteiger partial charge on any atom is 0.122 e. The highest BCUT2D eigenvalue weighted by molar-refractivity contribution is 5.35. The van der Waals surface area contributed by atoms with Crippen molar-refractivity contribution < 1.29 is 4.74 Å². The number of benzene rings is 1. The Bertz CT molecular complexity index is 302. The van der Waals surface area contributed by atoms with E-state index in [1.54, 1.807) is 0 Å². The minimum atomic E-state index is 0.774. The molecule has 0 bridgehead atoms. The molecule has 0 aliphatic heterocycles. The lowest BCUT2D eigenvalue weighted by Crippen LogP contribution is -1.98. The Hall–Kier alpha value is -1.24. The van der Waals surface area contributed by atoms with Gasteiger partial charge in [0, 0.05) is 0 Å². The number of rotatable bonds is 5. The van der Waals surface area contributed by atoms with E-state index in [9.17, 15) is 0 Å². The molecule has 1 heteroatoms. The average Bonchev–Trinajstić information content (AvgIpc) is 2.18. The third-order valence-corrected chi connectivity index (χ3v) is 2.15. The molecule has 0 N–H and O–H groups in total. The van der Waals surface area contributed by atoms with Gasteiger partial charge in [-0.25, -0.2) is 0 Å². The summed E-state index contributed by atoms with van der Waals surface area (Å²) in [6.07, 6.45) is 3.98. The molecule has 1 aromatic carbocycles. The van der Waals surface area contributed by atoms with Crippen LogP contribution in [0.15, 0.2) is 30.9 Å². The van der Waals surface area contributed by atoms with Crippen molar-refractivity contribution in [3.05, 3.63) is 42.0 Å². The van der Waals surface area contributed by atoms with E-state index < -0.39 is 0 Å². The molecule has 0 fully saturated rings. The van der Waals surface area contributed by atoms with Gasteiger partial charge in [-0.3, -0.25) is 0 Å². The van der Waals surface area contributed by atoms with Gasteiger partial charge in [-0.2, -0.15) is 0 Å². The lowest BCUT2D eigenvalue weighted by Gasteiger charge is -2.08. The van der Waals surface area contributed by atoms with Crippen LogP contribution in [-0.4, -0.2) is 6.61 Å². The van der Waals surface area contributed by atoms with Gasteiger partial charge < -0.3 is 4.74 Å². The van der Waals surface area contributed by atoms with Gasteiger partial charge in [-0.15, -0.1) is 6.58 Å². The molecule has 76 valence electrons. The smallest absolute Gasteiger partial charge is 0.122 e. The third kappa shape index (κ3) is 3.25. The van der Waals surface area contributed by atoms with E-state index in [1.807, 2.05) is 6.08 Å². The van der Waals surface area contributed by atoms with Gasteiger partial charge in [0.15, 0.2) is 0 Å². The number of hydrogen-bond donors (Lipinski definition) is 0. The zero-order chi connectivity index (χ0) is 10.4. The first-order chi connectivity index (χ1) is 6.74. The van der Waals surface area contributed by atoms with Crippen LogP contribution in [0.1, 0.15) is 24.0 Å². The fourth-order valence-electron chi connectivity index (χ4n) is 1.27. The first-order valence-electron chi connectivity index (χ1n) is 5.05. The number of allylic oxidation sites excluding steroid dienone is 1. The van der Waals surface area contributed by atoms with Crippen molar-refractivity contribution in [3.8, 4) is 5.75 Å². The average molecular weight is 190 g/mol. The minimum Gasteiger partial charge on any atom is -0.493 e. The SMILES string of the molecule is C=CCCCOc1cc(C)ccc1C. The van der Waals surface area contributed by atoms with Gasteiger partial charge in [0.05, 0.1) is 6.61 Å². The summed E-state index contributed by atoms with van der Waals surface area (Å²) < 4.78 is 5.67. The summed E-state index contributed by atoms with van der Waals surface area (Å²) in [5.74, 6) is 1.01. The van der Waals surface area contributed by atoms with Crippen molar-refractivity contribution in [2.45, 2.75) is 26.7 Å². The van der Waals surface area contributed by atoms with Crippen molar-refractivity contribution >= 4 is 0 Å². The van der Waals surface area contributed by atoms with E-state index >= 15 is 0 Å². The van der Waals surface area contributed by atoms with Gasteiger partial charge in [-0.05, 0) is 43.9 Å². The molecule has 14 heavy (non-hydrogen) atoms. The number of unbranched alkanes of at least 4 members (excludes halogenated alkanes) is 1. The lowest BCUT2D eigenvalue weighted by atomic mass is 10.1. The van der Waals surface area contributed by atoms with Gasteiger partial charge in [0.1, 0.15) is 5.75 Å². The quantitative estimate of drug-likeness (QED) is 0.508. The van der Waals surface area contributed by atoms with E-state index in [0.29, 0.717) is 0 Å². The monoisotopic (exact) mass is 190 g/mol. The van der Waals surface area contributed by atoms with Gasteiger partial charge in [-0.1, -0.05) is 18.2 Å². The molecular formula is C13H18O. The highest BCUT2D eigenvalue weighted by Crippen LogP contribution is 2.19. The molecule has 0 spiro atoms. The molecule has 0 heterocycles. The molecule has 1 nitrogen and oxygen atoms in total. The molecule has 0 aliphatic rings. The van der Waals surface area contributed by atoms with Gasteiger partial charge in [0.2, 0.25) is 0 Å². The Kier molecular flexibility index (Phi) is 4.24. The highest BCUT2D eigenvalue weighted by atomic mass is 16.5. The Morgan fingerprint density at radius 3 is 2.86 bits per heavy atom. The Morgan fingerprint density at radius 2 is 2.14 bits per heavy atom. The molecule has 0 radical (unpaired) electrons. The molecule has 0 aromatic heterocycles. The van der Waals surface area contributed by atoms with Crippen LogP contribution in [0.25, 0.3) is 0 Å². The van der Waals surface area contributed by atoms with E-state index in [1.165, 1.54) is 11.1 Å². The van der Waals surface area contributed by atoms with Gasteiger partial charge in [0.25, 0.3) is 0 Å². The summed E-state index contributed by atoms with van der Waals surface area (Å²) in [6.45, 7) is 8.61. The molecule has 0 amide bonds. The summed E-state index contributed by atoms with van der Waals surface area (Å²) in [6, 6.07) is 6.29. The van der Waals surface area contributed by atoms with Crippen molar-refractivity contribution in [2.24, 2.45) is 0 Å². The van der Waals surface area contributed by atoms with Crippen LogP contribution in [0.2, 0.25) is 0 Å². The maximum absolute atomic E-state index is 5.67. The standard InChI is InChI=1S/C13H18O/c1-4-5-6-9-14-13-10-11(2)7-8-12(13)3/h4,7-8,10H,1,5-6,9H2,2-3H3. The summed E-state index contributed by atoms with van der Waals surface area (Å²) >= 11 is 0. The predicted molar refractivity (Wildman–Crippen MR) is 60.8 cm³/mol. The number of hydrogen-bond acceptors (Lipinski definition) is 1. The zero-order valence-corrected chi connectivity index (χ0v) is 9.05. The second-order valence-corrected chi connectivity index (χ2v) is 3.55. The summed E-state index contributed by atoms with van der Waals surface area (Å²) in [5.41, 5.74) is 2.45. The molecule has 1 rings (SSSR count). The highest BCUT2D eigenvalue weighted by Gasteiger charge is 1.98. The van der Waals surface area contributed by atoms with Gasteiger partial charge >= 0.3 is 0 Å². The topological polar surface area (TPSA) is 9.23 Å². The number of aryl methyl sites for hydroxylation is 2. The predicted octanol–water partition coefficient (Wildman–Crippen LogP) is 3.65. The first-order valence-corrected chi connectivity index (χ1v) is 5.05. The van der Waals surface area contributed by atoms with Crippen molar-refractivity contribution in [2.75, 3.05) is 6.61 Å². The van der Waals surface area contributed by atoms with E-state index in [-0.39, 0.29) is 0 Å². The third-order valence-electron chi connectivity index (χ3n) is 2.15. The molecule has 0 saturated carbocycles.